The maximum absolute atomic E-state index is 13.0. The minimum absolute atomic E-state index is 0.0135. The van der Waals surface area contributed by atoms with Gasteiger partial charge in [-0.1, -0.05) is 0 Å². The lowest BCUT2D eigenvalue weighted by Gasteiger charge is -2.17. The molecule has 8 nitrogen and oxygen atoms in total. The van der Waals surface area contributed by atoms with Gasteiger partial charge >= 0.3 is 6.18 Å². The smallest absolute Gasteiger partial charge is 0.356 e. The molecule has 4 heterocycles. The third-order valence-corrected chi connectivity index (χ3v) is 5.78. The molecule has 0 saturated carbocycles. The number of sulfone groups is 1. The van der Waals surface area contributed by atoms with Gasteiger partial charge in [-0.15, -0.1) is 0 Å². The molecule has 1 atom stereocenters. The largest absolute Gasteiger partial charge is 0.434 e. The maximum atomic E-state index is 13.0. The summed E-state index contributed by atoms with van der Waals surface area (Å²) in [5.41, 5.74) is -0.485. The van der Waals surface area contributed by atoms with Crippen molar-refractivity contribution in [3.63, 3.8) is 0 Å². The van der Waals surface area contributed by atoms with Gasteiger partial charge in [0.05, 0.1) is 18.1 Å². The number of fused-ring (bicyclic) bond motifs is 1. The van der Waals surface area contributed by atoms with Crippen molar-refractivity contribution in [1.29, 1.82) is 0 Å². The van der Waals surface area contributed by atoms with E-state index in [0.29, 0.717) is 24.6 Å². The zero-order valence-corrected chi connectivity index (χ0v) is 16.2. The van der Waals surface area contributed by atoms with E-state index < -0.39 is 21.7 Å². The summed E-state index contributed by atoms with van der Waals surface area (Å²) in [6.45, 7) is 1.19. The van der Waals surface area contributed by atoms with E-state index in [1.54, 1.807) is 6.07 Å². The third kappa shape index (κ3) is 4.16. The van der Waals surface area contributed by atoms with Gasteiger partial charge in [0.25, 0.3) is 0 Å². The van der Waals surface area contributed by atoms with Crippen LogP contribution in [0.2, 0.25) is 0 Å². The Balaban J connectivity index is 1.64. The molecule has 0 aromatic carbocycles. The minimum atomic E-state index is -4.58. The van der Waals surface area contributed by atoms with E-state index in [9.17, 15) is 21.6 Å². The molecule has 3 aromatic heterocycles. The quantitative estimate of drug-likeness (QED) is 0.631. The molecule has 1 fully saturated rings. The topological polar surface area (TPSA) is 93.4 Å². The zero-order valence-electron chi connectivity index (χ0n) is 15.3. The highest BCUT2D eigenvalue weighted by Crippen LogP contribution is 2.29. The number of halogens is 3. The third-order valence-electron chi connectivity index (χ3n) is 4.70. The standard InChI is InChI=1S/C17H17F3N6O2S/c1-29(27,28)10-11-3-5-25(8-11)14-2-4-21-16(24-14)12-6-23-15-7-22-13(9-26(12)15)17(18,19)20/h2,4,6-7,9,11H,3,5,8,10H2,1H3. The van der Waals surface area contributed by atoms with E-state index in [-0.39, 0.29) is 23.1 Å². The minimum Gasteiger partial charge on any atom is -0.356 e. The summed E-state index contributed by atoms with van der Waals surface area (Å²) in [7, 11) is -3.07. The molecule has 0 bridgehead atoms. The Hall–Kier alpha value is -2.76. The monoisotopic (exact) mass is 426 g/mol. The number of anilines is 1. The number of aromatic nitrogens is 5. The molecular weight excluding hydrogens is 409 g/mol. The van der Waals surface area contributed by atoms with Crippen molar-refractivity contribution in [2.45, 2.75) is 12.6 Å². The predicted octanol–water partition coefficient (Wildman–Crippen LogP) is 2.08. The Morgan fingerprint density at radius 3 is 2.72 bits per heavy atom. The number of hydrogen-bond acceptors (Lipinski definition) is 7. The van der Waals surface area contributed by atoms with Crippen molar-refractivity contribution < 1.29 is 21.6 Å². The Labute approximate surface area is 164 Å². The van der Waals surface area contributed by atoms with Crippen LogP contribution < -0.4 is 4.90 Å². The summed E-state index contributed by atoms with van der Waals surface area (Å²) in [6, 6.07) is 1.69. The second-order valence-electron chi connectivity index (χ2n) is 7.07. The summed E-state index contributed by atoms with van der Waals surface area (Å²) in [6.07, 6.45) is 2.19. The number of rotatable bonds is 4. The summed E-state index contributed by atoms with van der Waals surface area (Å²) in [5.74, 6) is 0.939. The van der Waals surface area contributed by atoms with Crippen molar-refractivity contribution in [2.75, 3.05) is 30.0 Å². The highest BCUT2D eigenvalue weighted by Gasteiger charge is 2.33. The van der Waals surface area contributed by atoms with Crippen LogP contribution in [0.5, 0.6) is 0 Å². The fourth-order valence-corrected chi connectivity index (χ4v) is 4.58. The van der Waals surface area contributed by atoms with Gasteiger partial charge in [-0.2, -0.15) is 13.2 Å². The van der Waals surface area contributed by atoms with E-state index in [4.69, 9.17) is 0 Å². The number of imidazole rings is 1. The molecule has 3 aromatic rings. The van der Waals surface area contributed by atoms with Crippen LogP contribution in [0, 0.1) is 5.92 Å². The van der Waals surface area contributed by atoms with Crippen LogP contribution in [0.3, 0.4) is 0 Å². The normalized spacial score (nSPS) is 17.9. The average Bonchev–Trinajstić information content (AvgIpc) is 3.26. The van der Waals surface area contributed by atoms with Crippen molar-refractivity contribution in [3.8, 4) is 11.5 Å². The first-order chi connectivity index (χ1) is 13.6. The second kappa shape index (κ2) is 6.94. The Kier molecular flexibility index (Phi) is 4.68. The molecule has 1 aliphatic rings. The van der Waals surface area contributed by atoms with Gasteiger partial charge in [-0.25, -0.2) is 28.4 Å². The van der Waals surface area contributed by atoms with Crippen LogP contribution in [0.15, 0.2) is 30.9 Å². The van der Waals surface area contributed by atoms with E-state index >= 15 is 0 Å². The molecule has 0 aliphatic carbocycles. The van der Waals surface area contributed by atoms with E-state index in [0.717, 1.165) is 18.8 Å². The first kappa shape index (κ1) is 19.6. The van der Waals surface area contributed by atoms with Gasteiger partial charge in [0.1, 0.15) is 21.3 Å². The van der Waals surface area contributed by atoms with Crippen LogP contribution in [0.1, 0.15) is 12.1 Å². The molecular formula is C17H17F3N6O2S. The van der Waals surface area contributed by atoms with Gasteiger partial charge in [0, 0.05) is 31.7 Å². The molecule has 4 rings (SSSR count). The van der Waals surface area contributed by atoms with Crippen molar-refractivity contribution in [1.82, 2.24) is 24.3 Å². The fourth-order valence-electron chi connectivity index (χ4n) is 3.45. The fraction of sp³-hybridized carbons (Fsp3) is 0.412. The Bertz CT molecular complexity index is 1160. The van der Waals surface area contributed by atoms with Crippen molar-refractivity contribution in [3.05, 3.63) is 36.5 Å². The van der Waals surface area contributed by atoms with E-state index in [1.165, 1.54) is 23.1 Å². The van der Waals surface area contributed by atoms with Crippen LogP contribution >= 0.6 is 0 Å². The van der Waals surface area contributed by atoms with Gasteiger partial charge in [0.2, 0.25) is 0 Å². The molecule has 29 heavy (non-hydrogen) atoms. The lowest BCUT2D eigenvalue weighted by Crippen LogP contribution is -2.23. The van der Waals surface area contributed by atoms with E-state index in [2.05, 4.69) is 19.9 Å². The van der Waals surface area contributed by atoms with Crippen LogP contribution in [0.4, 0.5) is 19.0 Å². The second-order valence-corrected chi connectivity index (χ2v) is 9.26. The lowest BCUT2D eigenvalue weighted by atomic mass is 10.2. The first-order valence-electron chi connectivity index (χ1n) is 8.76. The molecule has 0 N–H and O–H groups in total. The van der Waals surface area contributed by atoms with Gasteiger partial charge in [0.15, 0.2) is 17.2 Å². The molecule has 0 amide bonds. The van der Waals surface area contributed by atoms with Crippen molar-refractivity contribution >= 4 is 21.3 Å². The Morgan fingerprint density at radius 1 is 1.21 bits per heavy atom. The van der Waals surface area contributed by atoms with Crippen molar-refractivity contribution in [2.24, 2.45) is 5.92 Å². The predicted molar refractivity (Wildman–Crippen MR) is 99.0 cm³/mol. The number of alkyl halides is 3. The summed E-state index contributed by atoms with van der Waals surface area (Å²) in [4.78, 5) is 18.1. The lowest BCUT2D eigenvalue weighted by molar-refractivity contribution is -0.141. The van der Waals surface area contributed by atoms with Crippen LogP contribution in [0.25, 0.3) is 17.2 Å². The average molecular weight is 426 g/mol. The van der Waals surface area contributed by atoms with Gasteiger partial charge < -0.3 is 4.90 Å². The van der Waals surface area contributed by atoms with Crippen LogP contribution in [-0.2, 0) is 16.0 Å². The Morgan fingerprint density at radius 2 is 2.00 bits per heavy atom. The molecule has 0 radical (unpaired) electrons. The molecule has 12 heteroatoms. The molecule has 154 valence electrons. The summed E-state index contributed by atoms with van der Waals surface area (Å²) in [5, 5.41) is 0. The van der Waals surface area contributed by atoms with E-state index in [1.807, 2.05) is 4.90 Å². The highest BCUT2D eigenvalue weighted by atomic mass is 32.2. The van der Waals surface area contributed by atoms with Gasteiger partial charge in [-0.3, -0.25) is 4.40 Å². The summed E-state index contributed by atoms with van der Waals surface area (Å²) >= 11 is 0. The molecule has 1 unspecified atom stereocenters. The van der Waals surface area contributed by atoms with Crippen LogP contribution in [-0.4, -0.2) is 57.9 Å². The summed E-state index contributed by atoms with van der Waals surface area (Å²) < 4.78 is 63.3. The first-order valence-corrected chi connectivity index (χ1v) is 10.8. The highest BCUT2D eigenvalue weighted by molar-refractivity contribution is 7.90. The molecule has 1 saturated heterocycles. The number of nitrogens with zero attached hydrogens (tertiary/aromatic N) is 6. The maximum Gasteiger partial charge on any atom is 0.434 e. The molecule has 1 aliphatic heterocycles. The van der Waals surface area contributed by atoms with Gasteiger partial charge in [-0.05, 0) is 18.4 Å². The SMILES string of the molecule is CS(=O)(=O)CC1CCN(c2ccnc(-c3cnc4cnc(C(F)(F)F)cn34)n2)C1. The number of hydrogen-bond donors (Lipinski definition) is 0. The molecule has 0 spiro atoms. The zero-order chi connectivity index (χ0) is 20.8.